The molecule has 0 saturated carbocycles. The molecule has 0 radical (unpaired) electrons. The monoisotopic (exact) mass is 282 g/mol. The predicted molar refractivity (Wildman–Crippen MR) is 78.4 cm³/mol. The molecule has 2 aromatic rings. The Bertz CT molecular complexity index is 663. The van der Waals surface area contributed by atoms with Crippen molar-refractivity contribution in [2.75, 3.05) is 12.4 Å². The predicted octanol–water partition coefficient (Wildman–Crippen LogP) is 3.34. The highest BCUT2D eigenvalue weighted by molar-refractivity contribution is 5.93. The number of nitriles is 1. The van der Waals surface area contributed by atoms with E-state index < -0.39 is 5.91 Å². The van der Waals surface area contributed by atoms with Crippen LogP contribution >= 0.6 is 0 Å². The summed E-state index contributed by atoms with van der Waals surface area (Å²) in [6.07, 6.45) is -0.215. The SMILES string of the molecule is COc1ccc(Oc2ccccc2)cc1NC(=O)CC#N. The summed E-state index contributed by atoms with van der Waals surface area (Å²) in [6.45, 7) is 0. The van der Waals surface area contributed by atoms with E-state index in [-0.39, 0.29) is 6.42 Å². The second kappa shape index (κ2) is 6.96. The maximum Gasteiger partial charge on any atom is 0.238 e. The molecule has 0 spiro atoms. The highest BCUT2D eigenvalue weighted by Gasteiger charge is 2.09. The zero-order valence-electron chi connectivity index (χ0n) is 11.5. The quantitative estimate of drug-likeness (QED) is 0.913. The lowest BCUT2D eigenvalue weighted by molar-refractivity contribution is -0.115. The van der Waals surface area contributed by atoms with Crippen LogP contribution in [0, 0.1) is 11.3 Å². The Kier molecular flexibility index (Phi) is 4.78. The Labute approximate surface area is 122 Å². The molecule has 0 unspecified atom stereocenters. The largest absolute Gasteiger partial charge is 0.495 e. The first-order valence-corrected chi connectivity index (χ1v) is 6.30. The number of para-hydroxylation sites is 1. The number of nitrogens with one attached hydrogen (secondary N) is 1. The van der Waals surface area contributed by atoms with Gasteiger partial charge >= 0.3 is 0 Å². The van der Waals surface area contributed by atoms with Gasteiger partial charge in [0, 0.05) is 6.07 Å². The highest BCUT2D eigenvalue weighted by Crippen LogP contribution is 2.31. The Hall–Kier alpha value is -3.00. The molecule has 0 bridgehead atoms. The van der Waals surface area contributed by atoms with Gasteiger partial charge in [-0.2, -0.15) is 5.26 Å². The fourth-order valence-electron chi connectivity index (χ4n) is 1.74. The molecule has 21 heavy (non-hydrogen) atoms. The van der Waals surface area contributed by atoms with Gasteiger partial charge in [0.15, 0.2) is 0 Å². The van der Waals surface area contributed by atoms with Crippen LogP contribution in [-0.2, 0) is 4.79 Å². The molecular weight excluding hydrogens is 268 g/mol. The van der Waals surface area contributed by atoms with Gasteiger partial charge in [0.25, 0.3) is 0 Å². The van der Waals surface area contributed by atoms with E-state index in [2.05, 4.69) is 5.32 Å². The second-order valence-electron chi connectivity index (χ2n) is 4.16. The summed E-state index contributed by atoms with van der Waals surface area (Å²) in [4.78, 5) is 11.5. The summed E-state index contributed by atoms with van der Waals surface area (Å²) in [5.41, 5.74) is 0.464. The minimum atomic E-state index is -0.396. The van der Waals surface area contributed by atoms with E-state index in [1.165, 1.54) is 7.11 Å². The van der Waals surface area contributed by atoms with Gasteiger partial charge in [-0.25, -0.2) is 0 Å². The summed E-state index contributed by atoms with van der Waals surface area (Å²) >= 11 is 0. The molecule has 0 saturated heterocycles. The first kappa shape index (κ1) is 14.4. The number of carbonyl (C=O) groups excluding carboxylic acids is 1. The van der Waals surface area contributed by atoms with Crippen molar-refractivity contribution in [3.63, 3.8) is 0 Å². The smallest absolute Gasteiger partial charge is 0.238 e. The van der Waals surface area contributed by atoms with E-state index in [0.29, 0.717) is 22.9 Å². The number of carbonyl (C=O) groups is 1. The van der Waals surface area contributed by atoms with Crippen molar-refractivity contribution in [3.8, 4) is 23.3 Å². The molecule has 0 aliphatic rings. The van der Waals surface area contributed by atoms with Crippen molar-refractivity contribution in [3.05, 3.63) is 48.5 Å². The Balaban J connectivity index is 2.21. The third-order valence-corrected chi connectivity index (χ3v) is 2.66. The summed E-state index contributed by atoms with van der Waals surface area (Å²) in [5.74, 6) is 1.36. The standard InChI is InChI=1S/C16H14N2O3/c1-20-15-8-7-13(21-12-5-3-2-4-6-12)11-14(15)18-16(19)9-10-17/h2-8,11H,9H2,1H3,(H,18,19). The third-order valence-electron chi connectivity index (χ3n) is 2.66. The van der Waals surface area contributed by atoms with Crippen LogP contribution in [0.4, 0.5) is 5.69 Å². The van der Waals surface area contributed by atoms with E-state index >= 15 is 0 Å². The number of rotatable bonds is 5. The van der Waals surface area contributed by atoms with E-state index in [1.807, 2.05) is 30.3 Å². The molecule has 0 atom stereocenters. The molecule has 5 heteroatoms. The lowest BCUT2D eigenvalue weighted by atomic mass is 10.2. The molecule has 106 valence electrons. The average molecular weight is 282 g/mol. The molecule has 0 fully saturated rings. The van der Waals surface area contributed by atoms with E-state index in [1.54, 1.807) is 24.3 Å². The van der Waals surface area contributed by atoms with Crippen LogP contribution in [0.1, 0.15) is 6.42 Å². The van der Waals surface area contributed by atoms with Crippen molar-refractivity contribution < 1.29 is 14.3 Å². The lowest BCUT2D eigenvalue weighted by Gasteiger charge is -2.12. The zero-order chi connectivity index (χ0) is 15.1. The van der Waals surface area contributed by atoms with Crippen LogP contribution < -0.4 is 14.8 Å². The molecule has 1 amide bonds. The van der Waals surface area contributed by atoms with Crippen molar-refractivity contribution in [1.29, 1.82) is 5.26 Å². The Morgan fingerprint density at radius 2 is 1.95 bits per heavy atom. The van der Waals surface area contributed by atoms with Gasteiger partial charge in [-0.3, -0.25) is 4.79 Å². The number of benzene rings is 2. The fraction of sp³-hybridized carbons (Fsp3) is 0.125. The van der Waals surface area contributed by atoms with E-state index in [9.17, 15) is 4.79 Å². The van der Waals surface area contributed by atoms with Crippen LogP contribution in [-0.4, -0.2) is 13.0 Å². The minimum Gasteiger partial charge on any atom is -0.495 e. The van der Waals surface area contributed by atoms with Crippen LogP contribution in [0.25, 0.3) is 0 Å². The van der Waals surface area contributed by atoms with Crippen molar-refractivity contribution in [2.45, 2.75) is 6.42 Å². The molecular formula is C16H14N2O3. The van der Waals surface area contributed by atoms with E-state index in [4.69, 9.17) is 14.7 Å². The van der Waals surface area contributed by atoms with Crippen molar-refractivity contribution in [1.82, 2.24) is 0 Å². The van der Waals surface area contributed by atoms with Crippen LogP contribution in [0.15, 0.2) is 48.5 Å². The molecule has 1 N–H and O–H groups in total. The van der Waals surface area contributed by atoms with Crippen LogP contribution in [0.3, 0.4) is 0 Å². The number of anilines is 1. The fourth-order valence-corrected chi connectivity index (χ4v) is 1.74. The maximum atomic E-state index is 11.5. The second-order valence-corrected chi connectivity index (χ2v) is 4.16. The molecule has 2 rings (SSSR count). The maximum absolute atomic E-state index is 11.5. The van der Waals surface area contributed by atoms with Crippen LogP contribution in [0.2, 0.25) is 0 Å². The van der Waals surface area contributed by atoms with Gasteiger partial charge in [-0.15, -0.1) is 0 Å². The first-order chi connectivity index (χ1) is 10.2. The average Bonchev–Trinajstić information content (AvgIpc) is 2.49. The normalized spacial score (nSPS) is 9.52. The van der Waals surface area contributed by atoms with Gasteiger partial charge in [-0.1, -0.05) is 18.2 Å². The van der Waals surface area contributed by atoms with Gasteiger partial charge in [0.1, 0.15) is 23.7 Å². The third kappa shape index (κ3) is 3.98. The number of hydrogen-bond acceptors (Lipinski definition) is 4. The summed E-state index contributed by atoms with van der Waals surface area (Å²) in [5, 5.41) is 11.1. The minimum absolute atomic E-state index is 0.215. The van der Waals surface area contributed by atoms with Crippen molar-refractivity contribution in [2.24, 2.45) is 0 Å². The molecule has 0 aliphatic carbocycles. The Morgan fingerprint density at radius 3 is 2.62 bits per heavy atom. The summed E-state index contributed by atoms with van der Waals surface area (Å²) < 4.78 is 10.9. The number of methoxy groups -OCH3 is 1. The molecule has 5 nitrogen and oxygen atoms in total. The summed E-state index contributed by atoms with van der Waals surface area (Å²) in [6, 6.07) is 16.2. The molecule has 0 aliphatic heterocycles. The van der Waals surface area contributed by atoms with Crippen molar-refractivity contribution >= 4 is 11.6 Å². The Morgan fingerprint density at radius 1 is 1.19 bits per heavy atom. The lowest BCUT2D eigenvalue weighted by Crippen LogP contribution is -2.11. The zero-order valence-corrected chi connectivity index (χ0v) is 11.5. The molecule has 0 aromatic heterocycles. The number of ether oxygens (including phenoxy) is 2. The molecule has 0 heterocycles. The first-order valence-electron chi connectivity index (χ1n) is 6.30. The van der Waals surface area contributed by atoms with Gasteiger partial charge in [-0.05, 0) is 24.3 Å². The van der Waals surface area contributed by atoms with Gasteiger partial charge in [0.05, 0.1) is 18.9 Å². The molecule has 2 aromatic carbocycles. The van der Waals surface area contributed by atoms with Gasteiger partial charge in [0.2, 0.25) is 5.91 Å². The number of amides is 1. The summed E-state index contributed by atoms with van der Waals surface area (Å²) in [7, 11) is 1.51. The number of hydrogen-bond donors (Lipinski definition) is 1. The van der Waals surface area contributed by atoms with E-state index in [0.717, 1.165) is 0 Å². The van der Waals surface area contributed by atoms with Gasteiger partial charge < -0.3 is 14.8 Å². The van der Waals surface area contributed by atoms with Crippen LogP contribution in [0.5, 0.6) is 17.2 Å². The topological polar surface area (TPSA) is 71.3 Å². The highest BCUT2D eigenvalue weighted by atomic mass is 16.5. The number of nitrogens with zero attached hydrogens (tertiary/aromatic N) is 1.